The second kappa shape index (κ2) is 3.96. The van der Waals surface area contributed by atoms with Gasteiger partial charge >= 0.3 is 0 Å². The maximum Gasteiger partial charge on any atom is 0.261 e. The first kappa shape index (κ1) is 12.0. The van der Waals surface area contributed by atoms with Crippen LogP contribution in [-0.2, 0) is 13.0 Å². The first-order chi connectivity index (χ1) is 9.00. The molecule has 2 heterocycles. The van der Waals surface area contributed by atoms with Crippen molar-refractivity contribution in [3.8, 4) is 12.3 Å². The van der Waals surface area contributed by atoms with Crippen LogP contribution in [-0.4, -0.2) is 9.55 Å². The van der Waals surface area contributed by atoms with Crippen molar-refractivity contribution in [2.75, 3.05) is 0 Å². The Kier molecular flexibility index (Phi) is 2.50. The Labute approximate surface area is 112 Å². The maximum atomic E-state index is 12.5. The first-order valence-electron chi connectivity index (χ1n) is 6.50. The van der Waals surface area contributed by atoms with E-state index < -0.39 is 0 Å². The summed E-state index contributed by atoms with van der Waals surface area (Å²) in [5.74, 6) is 3.46. The van der Waals surface area contributed by atoms with E-state index in [0.717, 1.165) is 30.8 Å². The third-order valence-electron chi connectivity index (χ3n) is 3.85. The Morgan fingerprint density at radius 2 is 2.21 bits per heavy atom. The van der Waals surface area contributed by atoms with Crippen LogP contribution in [0, 0.1) is 17.8 Å². The van der Waals surface area contributed by atoms with Crippen molar-refractivity contribution >= 4 is 10.9 Å². The van der Waals surface area contributed by atoms with E-state index in [4.69, 9.17) is 6.42 Å². The molecule has 0 N–H and O–H groups in total. The molecule has 3 nitrogen and oxygen atoms in total. The number of fused-ring (bicyclic) bond motifs is 2. The molecule has 0 spiro atoms. The first-order valence-corrected chi connectivity index (χ1v) is 6.50. The molecule has 0 unspecified atom stereocenters. The van der Waals surface area contributed by atoms with Crippen LogP contribution in [0.25, 0.3) is 10.9 Å². The smallest absolute Gasteiger partial charge is 0.261 e. The number of rotatable bonds is 0. The van der Waals surface area contributed by atoms with Crippen molar-refractivity contribution in [2.45, 2.75) is 33.2 Å². The van der Waals surface area contributed by atoms with E-state index in [-0.39, 0.29) is 11.0 Å². The number of benzene rings is 1. The molecule has 1 aromatic heterocycles. The zero-order valence-corrected chi connectivity index (χ0v) is 11.2. The van der Waals surface area contributed by atoms with Crippen LogP contribution < -0.4 is 5.56 Å². The van der Waals surface area contributed by atoms with Crippen molar-refractivity contribution in [3.05, 3.63) is 39.9 Å². The molecular weight excluding hydrogens is 236 g/mol. The topological polar surface area (TPSA) is 34.9 Å². The van der Waals surface area contributed by atoms with E-state index in [0.29, 0.717) is 10.9 Å². The maximum absolute atomic E-state index is 12.5. The van der Waals surface area contributed by atoms with E-state index in [1.54, 1.807) is 12.1 Å². The summed E-state index contributed by atoms with van der Waals surface area (Å²) in [5, 5.41) is 0.655. The van der Waals surface area contributed by atoms with Crippen LogP contribution >= 0.6 is 0 Å². The van der Waals surface area contributed by atoms with Gasteiger partial charge in [-0.15, -0.1) is 6.42 Å². The van der Waals surface area contributed by atoms with Gasteiger partial charge in [-0.3, -0.25) is 9.36 Å². The Balaban J connectivity index is 2.29. The number of terminal acetylenes is 1. The summed E-state index contributed by atoms with van der Waals surface area (Å²) in [6.07, 6.45) is 7.24. The Bertz CT molecular complexity index is 763. The van der Waals surface area contributed by atoms with Crippen molar-refractivity contribution in [1.29, 1.82) is 0 Å². The SMILES string of the molecule is C#Cc1ccc2c(=O)n3c(nc2c1)CC(C)(C)CC3. The van der Waals surface area contributed by atoms with Crippen molar-refractivity contribution < 1.29 is 0 Å². The molecule has 96 valence electrons. The third-order valence-corrected chi connectivity index (χ3v) is 3.85. The molecule has 0 bridgehead atoms. The molecule has 0 saturated heterocycles. The molecule has 3 rings (SSSR count). The van der Waals surface area contributed by atoms with E-state index in [1.165, 1.54) is 0 Å². The second-order valence-corrected chi connectivity index (χ2v) is 5.95. The quantitative estimate of drug-likeness (QED) is 0.675. The van der Waals surface area contributed by atoms with Crippen molar-refractivity contribution in [2.24, 2.45) is 5.41 Å². The predicted octanol–water partition coefficient (Wildman–Crippen LogP) is 2.35. The van der Waals surface area contributed by atoms with E-state index in [9.17, 15) is 4.79 Å². The highest BCUT2D eigenvalue weighted by molar-refractivity contribution is 5.79. The minimum absolute atomic E-state index is 0.0547. The van der Waals surface area contributed by atoms with Crippen LogP contribution in [0.4, 0.5) is 0 Å². The molecule has 2 aromatic rings. The van der Waals surface area contributed by atoms with Crippen molar-refractivity contribution in [1.82, 2.24) is 9.55 Å². The van der Waals surface area contributed by atoms with E-state index >= 15 is 0 Å². The summed E-state index contributed by atoms with van der Waals surface area (Å²) in [6, 6.07) is 5.40. The lowest BCUT2D eigenvalue weighted by Crippen LogP contribution is -2.35. The van der Waals surface area contributed by atoms with Crippen LogP contribution in [0.15, 0.2) is 23.0 Å². The van der Waals surface area contributed by atoms with Crippen LogP contribution in [0.3, 0.4) is 0 Å². The molecule has 0 aliphatic carbocycles. The average molecular weight is 252 g/mol. The summed E-state index contributed by atoms with van der Waals surface area (Å²) in [4.78, 5) is 17.1. The molecular formula is C16H16N2O. The number of hydrogen-bond donors (Lipinski definition) is 0. The Hall–Kier alpha value is -2.08. The molecule has 1 aliphatic heterocycles. The van der Waals surface area contributed by atoms with Gasteiger partial charge in [0.2, 0.25) is 0 Å². The van der Waals surface area contributed by atoms with Gasteiger partial charge in [-0.05, 0) is 30.0 Å². The molecule has 0 amide bonds. The molecule has 0 fully saturated rings. The molecule has 19 heavy (non-hydrogen) atoms. The summed E-state index contributed by atoms with van der Waals surface area (Å²) in [5.41, 5.74) is 1.74. The highest BCUT2D eigenvalue weighted by Gasteiger charge is 2.27. The highest BCUT2D eigenvalue weighted by atomic mass is 16.1. The summed E-state index contributed by atoms with van der Waals surface area (Å²) < 4.78 is 1.81. The molecule has 1 aromatic carbocycles. The van der Waals surface area contributed by atoms with Gasteiger partial charge in [-0.25, -0.2) is 4.98 Å². The monoisotopic (exact) mass is 252 g/mol. The minimum atomic E-state index is 0.0547. The lowest BCUT2D eigenvalue weighted by molar-refractivity contribution is 0.261. The van der Waals surface area contributed by atoms with Crippen LogP contribution in [0.1, 0.15) is 31.7 Å². The number of nitrogens with zero attached hydrogens (tertiary/aromatic N) is 2. The fourth-order valence-corrected chi connectivity index (χ4v) is 2.65. The van der Waals surface area contributed by atoms with Gasteiger partial charge in [0.05, 0.1) is 10.9 Å². The Morgan fingerprint density at radius 1 is 1.42 bits per heavy atom. The lowest BCUT2D eigenvalue weighted by atomic mass is 9.83. The minimum Gasteiger partial charge on any atom is -0.296 e. The van der Waals surface area contributed by atoms with Crippen LogP contribution in [0.5, 0.6) is 0 Å². The zero-order chi connectivity index (χ0) is 13.6. The summed E-state index contributed by atoms with van der Waals surface area (Å²) in [6.45, 7) is 5.18. The molecule has 0 saturated carbocycles. The highest BCUT2D eigenvalue weighted by Crippen LogP contribution is 2.30. The number of aromatic nitrogens is 2. The normalized spacial score (nSPS) is 16.9. The average Bonchev–Trinajstić information content (AvgIpc) is 2.36. The second-order valence-electron chi connectivity index (χ2n) is 5.95. The van der Waals surface area contributed by atoms with E-state index in [2.05, 4.69) is 24.8 Å². The zero-order valence-electron chi connectivity index (χ0n) is 11.2. The third kappa shape index (κ3) is 1.94. The Morgan fingerprint density at radius 3 is 2.95 bits per heavy atom. The van der Waals surface area contributed by atoms with Crippen LogP contribution in [0.2, 0.25) is 0 Å². The van der Waals surface area contributed by atoms with Gasteiger partial charge in [-0.1, -0.05) is 19.8 Å². The molecule has 1 aliphatic rings. The summed E-state index contributed by atoms with van der Waals surface area (Å²) in [7, 11) is 0. The van der Waals surface area contributed by atoms with Gasteiger partial charge < -0.3 is 0 Å². The fourth-order valence-electron chi connectivity index (χ4n) is 2.65. The summed E-state index contributed by atoms with van der Waals surface area (Å²) >= 11 is 0. The molecule has 0 atom stereocenters. The van der Waals surface area contributed by atoms with E-state index in [1.807, 2.05) is 10.6 Å². The lowest BCUT2D eigenvalue weighted by Gasteiger charge is -2.31. The fraction of sp³-hybridized carbons (Fsp3) is 0.375. The largest absolute Gasteiger partial charge is 0.296 e. The number of hydrogen-bond acceptors (Lipinski definition) is 2. The standard InChI is InChI=1S/C16H16N2O/c1-4-11-5-6-12-13(9-11)17-14-10-16(2,3)7-8-18(14)15(12)19/h1,5-6,9H,7-8,10H2,2-3H3. The molecule has 0 radical (unpaired) electrons. The van der Waals surface area contributed by atoms with Gasteiger partial charge in [-0.2, -0.15) is 0 Å². The van der Waals surface area contributed by atoms with Gasteiger partial charge in [0.15, 0.2) is 0 Å². The molecule has 3 heteroatoms. The predicted molar refractivity (Wildman–Crippen MR) is 76.0 cm³/mol. The van der Waals surface area contributed by atoms with Crippen molar-refractivity contribution in [3.63, 3.8) is 0 Å². The van der Waals surface area contributed by atoms with Gasteiger partial charge in [0, 0.05) is 18.5 Å². The van der Waals surface area contributed by atoms with Gasteiger partial charge in [0.25, 0.3) is 5.56 Å². The van der Waals surface area contributed by atoms with Gasteiger partial charge in [0.1, 0.15) is 5.82 Å².